The van der Waals surface area contributed by atoms with Crippen LogP contribution in [0.1, 0.15) is 25.6 Å². The third-order valence-corrected chi connectivity index (χ3v) is 2.85. The molecule has 0 spiro atoms. The van der Waals surface area contributed by atoms with Gasteiger partial charge in [0.1, 0.15) is 12.2 Å². The molecule has 1 aliphatic rings. The summed E-state index contributed by atoms with van der Waals surface area (Å²) in [5.41, 5.74) is 0. The van der Waals surface area contributed by atoms with Gasteiger partial charge in [0.25, 0.3) is 0 Å². The Morgan fingerprint density at radius 1 is 1.37 bits per heavy atom. The molecule has 0 amide bonds. The highest BCUT2D eigenvalue weighted by Crippen LogP contribution is 2.13. The first-order valence-corrected chi connectivity index (χ1v) is 6.30. The molecule has 0 N–H and O–H groups in total. The zero-order valence-electron chi connectivity index (χ0n) is 10.8. The first kappa shape index (κ1) is 13.4. The zero-order valence-corrected chi connectivity index (χ0v) is 10.8. The summed E-state index contributed by atoms with van der Waals surface area (Å²) in [6.45, 7) is 3.38. The van der Waals surface area contributed by atoms with Crippen molar-refractivity contribution in [1.82, 2.24) is 15.2 Å². The van der Waals surface area contributed by atoms with Crippen LogP contribution in [0.4, 0.5) is 5.82 Å². The van der Waals surface area contributed by atoms with Gasteiger partial charge < -0.3 is 9.64 Å². The molecule has 1 saturated heterocycles. The summed E-state index contributed by atoms with van der Waals surface area (Å²) in [7, 11) is 0. The maximum absolute atomic E-state index is 11.3. The fourth-order valence-electron chi connectivity index (χ4n) is 1.85. The molecule has 19 heavy (non-hydrogen) atoms. The molecule has 1 fully saturated rings. The Morgan fingerprint density at radius 2 is 2.11 bits per heavy atom. The standard InChI is InChI=1S/C12H16N4O3/c1-2-19-12(18)7-10-13-8-11(15-14-10)16-5-3-9(17)4-6-16/h8H,2-7H2,1H3. The van der Waals surface area contributed by atoms with Crippen molar-refractivity contribution < 1.29 is 14.3 Å². The number of hydrogen-bond acceptors (Lipinski definition) is 7. The summed E-state index contributed by atoms with van der Waals surface area (Å²) >= 11 is 0. The molecule has 0 radical (unpaired) electrons. The number of nitrogens with zero attached hydrogens (tertiary/aromatic N) is 4. The predicted molar refractivity (Wildman–Crippen MR) is 66.6 cm³/mol. The molecular formula is C12H16N4O3. The summed E-state index contributed by atoms with van der Waals surface area (Å²) < 4.78 is 4.81. The quantitative estimate of drug-likeness (QED) is 0.715. The van der Waals surface area contributed by atoms with Crippen molar-refractivity contribution in [2.45, 2.75) is 26.2 Å². The van der Waals surface area contributed by atoms with Gasteiger partial charge in [-0.3, -0.25) is 9.59 Å². The molecular weight excluding hydrogens is 248 g/mol. The first-order chi connectivity index (χ1) is 9.19. The van der Waals surface area contributed by atoms with E-state index in [1.807, 2.05) is 4.90 Å². The van der Waals surface area contributed by atoms with E-state index in [0.29, 0.717) is 44.2 Å². The Kier molecular flexibility index (Phi) is 4.38. The van der Waals surface area contributed by atoms with E-state index in [2.05, 4.69) is 15.2 Å². The number of anilines is 1. The van der Waals surface area contributed by atoms with E-state index in [1.54, 1.807) is 13.1 Å². The number of ketones is 1. The highest BCUT2D eigenvalue weighted by atomic mass is 16.5. The molecule has 1 aliphatic heterocycles. The van der Waals surface area contributed by atoms with Crippen LogP contribution in [0.5, 0.6) is 0 Å². The number of rotatable bonds is 4. The van der Waals surface area contributed by atoms with Gasteiger partial charge in [0, 0.05) is 25.9 Å². The average Bonchev–Trinajstić information content (AvgIpc) is 2.41. The molecule has 0 saturated carbocycles. The lowest BCUT2D eigenvalue weighted by molar-refractivity contribution is -0.142. The second kappa shape index (κ2) is 6.21. The van der Waals surface area contributed by atoms with E-state index in [1.165, 1.54) is 0 Å². The van der Waals surface area contributed by atoms with Crippen LogP contribution in [0.25, 0.3) is 0 Å². The Morgan fingerprint density at radius 3 is 2.68 bits per heavy atom. The number of aromatic nitrogens is 3. The molecule has 1 aromatic rings. The molecule has 2 rings (SSSR count). The van der Waals surface area contributed by atoms with Crippen molar-refractivity contribution in [1.29, 1.82) is 0 Å². The van der Waals surface area contributed by atoms with Crippen molar-refractivity contribution in [3.8, 4) is 0 Å². The molecule has 1 aromatic heterocycles. The van der Waals surface area contributed by atoms with Crippen LogP contribution in [0, 0.1) is 0 Å². The highest BCUT2D eigenvalue weighted by Gasteiger charge is 2.18. The van der Waals surface area contributed by atoms with E-state index in [9.17, 15) is 9.59 Å². The van der Waals surface area contributed by atoms with E-state index in [0.717, 1.165) is 0 Å². The predicted octanol–water partition coefficient (Wildman–Crippen LogP) is 0.146. The fourth-order valence-corrected chi connectivity index (χ4v) is 1.85. The van der Waals surface area contributed by atoms with Gasteiger partial charge in [-0.05, 0) is 6.92 Å². The van der Waals surface area contributed by atoms with Crippen LogP contribution >= 0.6 is 0 Å². The smallest absolute Gasteiger partial charge is 0.313 e. The summed E-state index contributed by atoms with van der Waals surface area (Å²) in [5.74, 6) is 0.895. The zero-order chi connectivity index (χ0) is 13.7. The molecule has 0 aromatic carbocycles. The number of piperidine rings is 1. The maximum atomic E-state index is 11.3. The summed E-state index contributed by atoms with van der Waals surface area (Å²) in [4.78, 5) is 28.5. The lowest BCUT2D eigenvalue weighted by atomic mass is 10.1. The molecule has 7 heteroatoms. The average molecular weight is 264 g/mol. The number of ether oxygens (including phenoxy) is 1. The van der Waals surface area contributed by atoms with Gasteiger partial charge >= 0.3 is 5.97 Å². The minimum Gasteiger partial charge on any atom is -0.466 e. The van der Waals surface area contributed by atoms with Crippen LogP contribution in [-0.4, -0.2) is 46.6 Å². The minimum atomic E-state index is -0.361. The molecule has 102 valence electrons. The third kappa shape index (κ3) is 3.70. The summed E-state index contributed by atoms with van der Waals surface area (Å²) in [5, 5.41) is 7.94. The van der Waals surface area contributed by atoms with Gasteiger partial charge in [-0.25, -0.2) is 4.98 Å². The SMILES string of the molecule is CCOC(=O)Cc1ncc(N2CCC(=O)CC2)nn1. The van der Waals surface area contributed by atoms with Crippen LogP contribution in [0.2, 0.25) is 0 Å². The van der Waals surface area contributed by atoms with Crippen molar-refractivity contribution in [3.63, 3.8) is 0 Å². The largest absolute Gasteiger partial charge is 0.466 e. The van der Waals surface area contributed by atoms with Crippen LogP contribution in [-0.2, 0) is 20.7 Å². The van der Waals surface area contributed by atoms with Gasteiger partial charge in [0.15, 0.2) is 11.6 Å². The lowest BCUT2D eigenvalue weighted by Crippen LogP contribution is -2.34. The fraction of sp³-hybridized carbons (Fsp3) is 0.583. The normalized spacial score (nSPS) is 15.4. The Bertz CT molecular complexity index is 451. The van der Waals surface area contributed by atoms with Gasteiger partial charge in [0.2, 0.25) is 0 Å². The monoisotopic (exact) mass is 264 g/mol. The van der Waals surface area contributed by atoms with Gasteiger partial charge in [0.05, 0.1) is 12.8 Å². The molecule has 0 bridgehead atoms. The number of carbonyl (C=O) groups excluding carboxylic acids is 2. The molecule has 7 nitrogen and oxygen atoms in total. The van der Waals surface area contributed by atoms with E-state index < -0.39 is 0 Å². The van der Waals surface area contributed by atoms with E-state index >= 15 is 0 Å². The van der Waals surface area contributed by atoms with Crippen molar-refractivity contribution in [2.75, 3.05) is 24.6 Å². The Hall–Kier alpha value is -2.05. The number of Topliss-reactive ketones (excluding diaryl/α,β-unsaturated/α-hetero) is 1. The summed E-state index contributed by atoms with van der Waals surface area (Å²) in [6, 6.07) is 0. The molecule has 0 aliphatic carbocycles. The van der Waals surface area contributed by atoms with Gasteiger partial charge in [-0.1, -0.05) is 0 Å². The van der Waals surface area contributed by atoms with Gasteiger partial charge in [-0.2, -0.15) is 0 Å². The summed E-state index contributed by atoms with van der Waals surface area (Å²) in [6.07, 6.45) is 2.68. The Balaban J connectivity index is 1.94. The third-order valence-electron chi connectivity index (χ3n) is 2.85. The van der Waals surface area contributed by atoms with E-state index in [-0.39, 0.29) is 18.2 Å². The van der Waals surface area contributed by atoms with Crippen molar-refractivity contribution in [3.05, 3.63) is 12.0 Å². The van der Waals surface area contributed by atoms with Crippen LogP contribution in [0.15, 0.2) is 6.20 Å². The van der Waals surface area contributed by atoms with Crippen LogP contribution < -0.4 is 4.90 Å². The molecule has 0 unspecified atom stereocenters. The second-order valence-electron chi connectivity index (χ2n) is 4.24. The number of carbonyl (C=O) groups is 2. The molecule has 0 atom stereocenters. The minimum absolute atomic E-state index is 0.0274. The lowest BCUT2D eigenvalue weighted by Gasteiger charge is -2.26. The number of esters is 1. The maximum Gasteiger partial charge on any atom is 0.313 e. The molecule has 2 heterocycles. The highest BCUT2D eigenvalue weighted by molar-refractivity contribution is 5.80. The van der Waals surface area contributed by atoms with E-state index in [4.69, 9.17) is 4.74 Å². The topological polar surface area (TPSA) is 85.3 Å². The first-order valence-electron chi connectivity index (χ1n) is 6.30. The van der Waals surface area contributed by atoms with Gasteiger partial charge in [-0.15, -0.1) is 10.2 Å². The second-order valence-corrected chi connectivity index (χ2v) is 4.24. The Labute approximate surface area is 111 Å². The van der Waals surface area contributed by atoms with Crippen LogP contribution in [0.3, 0.4) is 0 Å². The number of hydrogen-bond donors (Lipinski definition) is 0. The van der Waals surface area contributed by atoms with Crippen molar-refractivity contribution in [2.24, 2.45) is 0 Å². The van der Waals surface area contributed by atoms with Crippen molar-refractivity contribution >= 4 is 17.6 Å².